The third kappa shape index (κ3) is 3.88. The Morgan fingerprint density at radius 1 is 0.848 bits per heavy atom. The first-order valence-electron chi connectivity index (χ1n) is 11.3. The Balaban J connectivity index is 1.45. The third-order valence-corrected chi connectivity index (χ3v) is 6.90. The molecule has 3 unspecified atom stereocenters. The molecule has 2 heterocycles. The Morgan fingerprint density at radius 2 is 1.48 bits per heavy atom. The molecule has 5 rings (SSSR count). The Labute approximate surface area is 193 Å². The van der Waals surface area contributed by atoms with E-state index >= 15 is 0 Å². The molecule has 168 valence electrons. The molecule has 0 saturated carbocycles. The molecule has 2 aliphatic heterocycles. The molecule has 0 aromatic heterocycles. The molecule has 5 heteroatoms. The Hall–Kier alpha value is -3.60. The highest BCUT2D eigenvalue weighted by Crippen LogP contribution is 2.50. The lowest BCUT2D eigenvalue weighted by atomic mass is 9.74. The smallest absolute Gasteiger partial charge is 0.333 e. The van der Waals surface area contributed by atoms with E-state index in [9.17, 15) is 9.59 Å². The first kappa shape index (κ1) is 21.3. The summed E-state index contributed by atoms with van der Waals surface area (Å²) in [4.78, 5) is 28.2. The van der Waals surface area contributed by atoms with Crippen LogP contribution in [0.25, 0.3) is 0 Å². The van der Waals surface area contributed by atoms with E-state index in [1.54, 1.807) is 12.0 Å². The fourth-order valence-electron chi connectivity index (χ4n) is 5.18. The number of esters is 1. The minimum atomic E-state index is -0.799. The maximum absolute atomic E-state index is 13.7. The van der Waals surface area contributed by atoms with Crippen molar-refractivity contribution in [2.24, 2.45) is 5.92 Å². The number of likely N-dealkylation sites (tertiary alicyclic amines) is 1. The van der Waals surface area contributed by atoms with Crippen molar-refractivity contribution in [1.29, 1.82) is 0 Å². The van der Waals surface area contributed by atoms with Crippen molar-refractivity contribution in [3.63, 3.8) is 0 Å². The second-order valence-electron chi connectivity index (χ2n) is 8.82. The van der Waals surface area contributed by atoms with Gasteiger partial charge in [-0.1, -0.05) is 72.8 Å². The number of rotatable bonds is 8. The number of aryl methyl sites for hydroxylation is 1. The van der Waals surface area contributed by atoms with Crippen molar-refractivity contribution < 1.29 is 19.1 Å². The summed E-state index contributed by atoms with van der Waals surface area (Å²) >= 11 is 0. The normalized spacial score (nSPS) is 23.6. The van der Waals surface area contributed by atoms with Gasteiger partial charge in [-0.3, -0.25) is 4.79 Å². The molecule has 3 atom stereocenters. The highest BCUT2D eigenvalue weighted by atomic mass is 16.6. The molecule has 3 aromatic carbocycles. The maximum atomic E-state index is 13.7. The lowest BCUT2D eigenvalue weighted by Gasteiger charge is -2.47. The molecule has 2 aliphatic rings. The van der Waals surface area contributed by atoms with E-state index in [4.69, 9.17) is 9.47 Å². The minimum Gasteiger partial charge on any atom is -0.497 e. The first-order chi connectivity index (χ1) is 16.1. The van der Waals surface area contributed by atoms with Crippen molar-refractivity contribution in [2.75, 3.05) is 7.11 Å². The average Bonchev–Trinajstić information content (AvgIpc) is 3.02. The lowest BCUT2D eigenvalue weighted by molar-refractivity contribution is -0.212. The zero-order valence-corrected chi connectivity index (χ0v) is 18.6. The van der Waals surface area contributed by atoms with Gasteiger partial charge in [-0.15, -0.1) is 0 Å². The largest absolute Gasteiger partial charge is 0.497 e. The summed E-state index contributed by atoms with van der Waals surface area (Å²) in [6.07, 6.45) is 1.92. The zero-order valence-electron chi connectivity index (χ0n) is 18.6. The molecule has 2 saturated heterocycles. The molecule has 2 fully saturated rings. The summed E-state index contributed by atoms with van der Waals surface area (Å²) < 4.78 is 11.2. The van der Waals surface area contributed by atoms with Crippen molar-refractivity contribution in [1.82, 2.24) is 4.90 Å². The summed E-state index contributed by atoms with van der Waals surface area (Å²) in [5, 5.41) is 0. The highest BCUT2D eigenvalue weighted by molar-refractivity contribution is 5.97. The number of carbonyl (C=O) groups is 2. The van der Waals surface area contributed by atoms with Crippen molar-refractivity contribution in [2.45, 2.75) is 37.5 Å². The molecule has 5 nitrogen and oxygen atoms in total. The van der Waals surface area contributed by atoms with Gasteiger partial charge < -0.3 is 14.4 Å². The number of carbonyl (C=O) groups excluding carboxylic acids is 2. The van der Waals surface area contributed by atoms with E-state index in [-0.39, 0.29) is 11.9 Å². The minimum absolute atomic E-state index is 0.0152. The van der Waals surface area contributed by atoms with E-state index < -0.39 is 17.6 Å². The third-order valence-electron chi connectivity index (χ3n) is 6.90. The summed E-state index contributed by atoms with van der Waals surface area (Å²) in [6, 6.07) is 27.2. The fraction of sp³-hybridized carbons (Fsp3) is 0.286. The Morgan fingerprint density at radius 3 is 2.09 bits per heavy atom. The molecule has 0 bridgehead atoms. The molecular weight excluding hydrogens is 414 g/mol. The van der Waals surface area contributed by atoms with Crippen LogP contribution in [0.1, 0.15) is 23.1 Å². The van der Waals surface area contributed by atoms with E-state index in [1.807, 2.05) is 72.8 Å². The highest BCUT2D eigenvalue weighted by Gasteiger charge is 2.71. The number of hydrogen-bond donors (Lipinski definition) is 0. The molecule has 0 aliphatic carbocycles. The van der Waals surface area contributed by atoms with Gasteiger partial charge in [0.15, 0.2) is 11.6 Å². The van der Waals surface area contributed by atoms with Crippen molar-refractivity contribution >= 4 is 11.9 Å². The predicted molar refractivity (Wildman–Crippen MR) is 125 cm³/mol. The van der Waals surface area contributed by atoms with Crippen molar-refractivity contribution in [3.8, 4) is 5.75 Å². The van der Waals surface area contributed by atoms with Crippen LogP contribution in [0.3, 0.4) is 0 Å². The molecule has 3 aromatic rings. The predicted octanol–water partition coefficient (Wildman–Crippen LogP) is 4.19. The van der Waals surface area contributed by atoms with E-state index in [0.717, 1.165) is 23.3 Å². The number of benzene rings is 3. The van der Waals surface area contributed by atoms with Crippen molar-refractivity contribution in [3.05, 3.63) is 102 Å². The SMILES string of the molecule is COc1ccc(CN2C(=O)C(Cc3ccccc3)C3(CCc4ccccc4)OC(=O)C23)cc1. The zero-order chi connectivity index (χ0) is 22.8. The van der Waals surface area contributed by atoms with E-state index in [1.165, 1.54) is 5.56 Å². The fourth-order valence-corrected chi connectivity index (χ4v) is 5.18. The van der Waals surface area contributed by atoms with Gasteiger partial charge in [0.2, 0.25) is 5.91 Å². The van der Waals surface area contributed by atoms with Crippen LogP contribution in [0.15, 0.2) is 84.9 Å². The lowest BCUT2D eigenvalue weighted by Crippen LogP contribution is -2.65. The number of methoxy groups -OCH3 is 1. The van der Waals surface area contributed by atoms with Gasteiger partial charge in [-0.25, -0.2) is 4.79 Å². The number of ether oxygens (including phenoxy) is 2. The Bertz CT molecular complexity index is 1130. The van der Waals surface area contributed by atoms with Gasteiger partial charge in [0, 0.05) is 6.54 Å². The van der Waals surface area contributed by atoms with Crippen LogP contribution in [0.5, 0.6) is 5.75 Å². The standard InChI is InChI=1S/C28H27NO4/c1-32-23-14-12-22(13-15-23)19-29-25-27(31)33-28(25,17-16-20-8-4-2-5-9-20)24(26(29)30)18-21-10-6-3-7-11-21/h2-15,24-25H,16-19H2,1H3. The van der Waals surface area contributed by atoms with Gasteiger partial charge in [0.1, 0.15) is 5.75 Å². The topological polar surface area (TPSA) is 55.8 Å². The first-order valence-corrected chi connectivity index (χ1v) is 11.3. The molecule has 0 spiro atoms. The van der Waals surface area contributed by atoms with E-state index in [2.05, 4.69) is 12.1 Å². The van der Waals surface area contributed by atoms with Crippen LogP contribution >= 0.6 is 0 Å². The quantitative estimate of drug-likeness (QED) is 0.492. The van der Waals surface area contributed by atoms with E-state index in [0.29, 0.717) is 19.4 Å². The number of amides is 1. The van der Waals surface area contributed by atoms with Crippen LogP contribution < -0.4 is 4.74 Å². The van der Waals surface area contributed by atoms with Gasteiger partial charge in [0.25, 0.3) is 0 Å². The van der Waals surface area contributed by atoms with Crippen LogP contribution in [0, 0.1) is 5.92 Å². The maximum Gasteiger partial charge on any atom is 0.333 e. The van der Waals surface area contributed by atoms with Crippen LogP contribution in [-0.2, 0) is 33.7 Å². The van der Waals surface area contributed by atoms with Gasteiger partial charge in [-0.05, 0) is 48.1 Å². The summed E-state index contributed by atoms with van der Waals surface area (Å²) in [5.74, 6) is 0.0392. The molecule has 0 radical (unpaired) electrons. The van der Waals surface area contributed by atoms with Gasteiger partial charge in [-0.2, -0.15) is 0 Å². The number of nitrogens with zero attached hydrogens (tertiary/aromatic N) is 1. The Kier molecular flexibility index (Phi) is 5.63. The molecule has 0 N–H and O–H groups in total. The second kappa shape index (κ2) is 8.74. The van der Waals surface area contributed by atoms with Crippen LogP contribution in [-0.4, -0.2) is 35.5 Å². The second-order valence-corrected chi connectivity index (χ2v) is 8.82. The average molecular weight is 442 g/mol. The molecule has 1 amide bonds. The van der Waals surface area contributed by atoms with Crippen LogP contribution in [0.4, 0.5) is 0 Å². The van der Waals surface area contributed by atoms with Crippen LogP contribution in [0.2, 0.25) is 0 Å². The molecular formula is C28H27NO4. The summed E-state index contributed by atoms with van der Waals surface area (Å²) in [7, 11) is 1.62. The summed E-state index contributed by atoms with van der Waals surface area (Å²) in [6.45, 7) is 0.376. The summed E-state index contributed by atoms with van der Waals surface area (Å²) in [5.41, 5.74) is 2.41. The monoisotopic (exact) mass is 441 g/mol. The number of fused-ring (bicyclic) bond motifs is 1. The van der Waals surface area contributed by atoms with Gasteiger partial charge in [0.05, 0.1) is 13.0 Å². The van der Waals surface area contributed by atoms with Gasteiger partial charge >= 0.3 is 5.97 Å². The number of hydrogen-bond acceptors (Lipinski definition) is 4. The molecule has 33 heavy (non-hydrogen) atoms.